The van der Waals surface area contributed by atoms with Gasteiger partial charge in [-0.15, -0.1) is 0 Å². The molecular weight excluding hydrogens is 289 g/mol. The molecule has 2 aromatic rings. The lowest BCUT2D eigenvalue weighted by atomic mass is 10.1. The number of hydrogen-bond donors (Lipinski definition) is 0. The van der Waals surface area contributed by atoms with Gasteiger partial charge in [0.2, 0.25) is 5.91 Å². The minimum Gasteiger partial charge on any atom is -0.341 e. The van der Waals surface area contributed by atoms with E-state index in [0.29, 0.717) is 24.4 Å². The van der Waals surface area contributed by atoms with Crippen molar-refractivity contribution in [1.29, 1.82) is 0 Å². The van der Waals surface area contributed by atoms with Crippen molar-refractivity contribution in [2.24, 2.45) is 0 Å². The van der Waals surface area contributed by atoms with Gasteiger partial charge in [-0.1, -0.05) is 35.9 Å². The van der Waals surface area contributed by atoms with E-state index in [2.05, 4.69) is 0 Å². The van der Waals surface area contributed by atoms with Crippen molar-refractivity contribution in [2.75, 3.05) is 7.05 Å². The number of nitrogens with zero attached hydrogens (tertiary/aromatic N) is 1. The summed E-state index contributed by atoms with van der Waals surface area (Å²) in [6.45, 7) is 0.555. The molecule has 0 aliphatic heterocycles. The van der Waals surface area contributed by atoms with Gasteiger partial charge in [0.15, 0.2) is 0 Å². The van der Waals surface area contributed by atoms with Crippen LogP contribution in [0, 0.1) is 5.82 Å². The second-order valence-corrected chi connectivity index (χ2v) is 5.44. The summed E-state index contributed by atoms with van der Waals surface area (Å²) >= 11 is 5.83. The van der Waals surface area contributed by atoms with Crippen LogP contribution in [0.3, 0.4) is 0 Å². The largest absolute Gasteiger partial charge is 0.341 e. The van der Waals surface area contributed by atoms with Crippen molar-refractivity contribution < 1.29 is 9.18 Å². The Bertz CT molecular complexity index is 595. The molecule has 0 heterocycles. The van der Waals surface area contributed by atoms with Gasteiger partial charge in [0.1, 0.15) is 5.82 Å². The van der Waals surface area contributed by atoms with Crippen LogP contribution in [-0.4, -0.2) is 17.9 Å². The summed E-state index contributed by atoms with van der Waals surface area (Å²) in [6.07, 6.45) is 1.03. The number of halogens is 2. The SMILES string of the molecule is CN(Cc1ccc(Cl)cc1)C(=O)CCc1ccc(F)cc1. The van der Waals surface area contributed by atoms with Crippen LogP contribution in [0.4, 0.5) is 4.39 Å². The molecule has 2 nitrogen and oxygen atoms in total. The minimum absolute atomic E-state index is 0.0641. The number of benzene rings is 2. The van der Waals surface area contributed by atoms with Crippen LogP contribution in [-0.2, 0) is 17.8 Å². The summed E-state index contributed by atoms with van der Waals surface area (Å²) < 4.78 is 12.8. The van der Waals surface area contributed by atoms with Crippen molar-refractivity contribution in [3.8, 4) is 0 Å². The zero-order valence-corrected chi connectivity index (χ0v) is 12.6. The fourth-order valence-electron chi connectivity index (χ4n) is 2.05. The highest BCUT2D eigenvalue weighted by atomic mass is 35.5. The molecule has 1 amide bonds. The topological polar surface area (TPSA) is 20.3 Å². The predicted octanol–water partition coefficient (Wildman–Crippen LogP) is 4.07. The van der Waals surface area contributed by atoms with Crippen LogP contribution in [0.5, 0.6) is 0 Å². The van der Waals surface area contributed by atoms with Crippen molar-refractivity contribution in [2.45, 2.75) is 19.4 Å². The average Bonchev–Trinajstić information content (AvgIpc) is 2.48. The zero-order chi connectivity index (χ0) is 15.2. The van der Waals surface area contributed by atoms with Gasteiger partial charge in [0.25, 0.3) is 0 Å². The number of carbonyl (C=O) groups is 1. The molecule has 110 valence electrons. The van der Waals surface area contributed by atoms with E-state index in [1.54, 1.807) is 24.1 Å². The van der Waals surface area contributed by atoms with Gasteiger partial charge in [-0.05, 0) is 41.8 Å². The van der Waals surface area contributed by atoms with E-state index in [1.807, 2.05) is 24.3 Å². The van der Waals surface area contributed by atoms with E-state index in [0.717, 1.165) is 11.1 Å². The molecule has 4 heteroatoms. The average molecular weight is 306 g/mol. The molecule has 0 aromatic heterocycles. The Kier molecular flexibility index (Phi) is 5.34. The highest BCUT2D eigenvalue weighted by Gasteiger charge is 2.09. The highest BCUT2D eigenvalue weighted by molar-refractivity contribution is 6.30. The van der Waals surface area contributed by atoms with Crippen molar-refractivity contribution >= 4 is 17.5 Å². The minimum atomic E-state index is -0.259. The van der Waals surface area contributed by atoms with E-state index in [4.69, 9.17) is 11.6 Å². The number of amides is 1. The van der Waals surface area contributed by atoms with Crippen LogP contribution in [0.1, 0.15) is 17.5 Å². The lowest BCUT2D eigenvalue weighted by Gasteiger charge is -2.17. The van der Waals surface area contributed by atoms with E-state index < -0.39 is 0 Å². The van der Waals surface area contributed by atoms with Crippen molar-refractivity contribution in [3.05, 3.63) is 70.5 Å². The van der Waals surface area contributed by atoms with Crippen LogP contribution in [0.25, 0.3) is 0 Å². The molecule has 0 bridgehead atoms. The van der Waals surface area contributed by atoms with Gasteiger partial charge in [-0.3, -0.25) is 4.79 Å². The van der Waals surface area contributed by atoms with E-state index in [-0.39, 0.29) is 11.7 Å². The molecule has 0 fully saturated rings. The van der Waals surface area contributed by atoms with Gasteiger partial charge in [0, 0.05) is 25.0 Å². The Balaban J connectivity index is 1.84. The Morgan fingerprint density at radius 1 is 1.05 bits per heavy atom. The van der Waals surface area contributed by atoms with Gasteiger partial charge < -0.3 is 4.90 Å². The first-order valence-corrected chi connectivity index (χ1v) is 7.15. The fraction of sp³-hybridized carbons (Fsp3) is 0.235. The molecule has 0 radical (unpaired) electrons. The second kappa shape index (κ2) is 7.23. The Hall–Kier alpha value is -1.87. The molecule has 21 heavy (non-hydrogen) atoms. The third-order valence-electron chi connectivity index (χ3n) is 3.30. The molecule has 0 spiro atoms. The normalized spacial score (nSPS) is 10.4. The maximum Gasteiger partial charge on any atom is 0.222 e. The quantitative estimate of drug-likeness (QED) is 0.815. The Labute approximate surface area is 129 Å². The molecule has 0 unspecified atom stereocenters. The third-order valence-corrected chi connectivity index (χ3v) is 3.55. The van der Waals surface area contributed by atoms with Gasteiger partial charge in [0.05, 0.1) is 0 Å². The summed E-state index contributed by atoms with van der Waals surface area (Å²) in [7, 11) is 1.78. The van der Waals surface area contributed by atoms with E-state index in [1.165, 1.54) is 12.1 Å². The second-order valence-electron chi connectivity index (χ2n) is 5.00. The first kappa shape index (κ1) is 15.5. The maximum atomic E-state index is 12.8. The first-order valence-electron chi connectivity index (χ1n) is 6.77. The Morgan fingerprint density at radius 3 is 2.24 bits per heavy atom. The van der Waals surface area contributed by atoms with Gasteiger partial charge in [-0.25, -0.2) is 4.39 Å². The van der Waals surface area contributed by atoms with Crippen LogP contribution in [0.2, 0.25) is 5.02 Å². The molecule has 0 aliphatic rings. The lowest BCUT2D eigenvalue weighted by Crippen LogP contribution is -2.26. The summed E-state index contributed by atoms with van der Waals surface area (Å²) in [5.41, 5.74) is 2.00. The van der Waals surface area contributed by atoms with Crippen molar-refractivity contribution in [3.63, 3.8) is 0 Å². The van der Waals surface area contributed by atoms with Gasteiger partial charge >= 0.3 is 0 Å². The Morgan fingerprint density at radius 2 is 1.62 bits per heavy atom. The molecular formula is C17H17ClFNO. The number of rotatable bonds is 5. The number of carbonyl (C=O) groups excluding carboxylic acids is 1. The number of aryl methyl sites for hydroxylation is 1. The van der Waals surface area contributed by atoms with E-state index >= 15 is 0 Å². The fourth-order valence-corrected chi connectivity index (χ4v) is 2.17. The first-order chi connectivity index (χ1) is 10.0. The van der Waals surface area contributed by atoms with Crippen molar-refractivity contribution in [1.82, 2.24) is 4.90 Å². The van der Waals surface area contributed by atoms with Crippen LogP contribution in [0.15, 0.2) is 48.5 Å². The smallest absolute Gasteiger partial charge is 0.222 e. The molecule has 0 saturated heterocycles. The molecule has 0 N–H and O–H groups in total. The zero-order valence-electron chi connectivity index (χ0n) is 11.9. The monoisotopic (exact) mass is 305 g/mol. The summed E-state index contributed by atoms with van der Waals surface area (Å²) in [5, 5.41) is 0.684. The molecule has 0 aliphatic carbocycles. The molecule has 2 rings (SSSR count). The standard InChI is InChI=1S/C17H17ClFNO/c1-20(12-14-2-7-15(18)8-3-14)17(21)11-6-13-4-9-16(19)10-5-13/h2-5,7-10H,6,11-12H2,1H3. The molecule has 2 aromatic carbocycles. The lowest BCUT2D eigenvalue weighted by molar-refractivity contribution is -0.130. The van der Waals surface area contributed by atoms with E-state index in [9.17, 15) is 9.18 Å². The van der Waals surface area contributed by atoms with Crippen LogP contribution < -0.4 is 0 Å². The maximum absolute atomic E-state index is 12.8. The summed E-state index contributed by atoms with van der Waals surface area (Å²) in [4.78, 5) is 13.8. The van der Waals surface area contributed by atoms with Gasteiger partial charge in [-0.2, -0.15) is 0 Å². The summed E-state index contributed by atoms with van der Waals surface area (Å²) in [6, 6.07) is 13.7. The molecule has 0 saturated carbocycles. The van der Waals surface area contributed by atoms with Crippen LogP contribution >= 0.6 is 11.6 Å². The highest BCUT2D eigenvalue weighted by Crippen LogP contribution is 2.12. The number of hydrogen-bond acceptors (Lipinski definition) is 1. The summed E-state index contributed by atoms with van der Waals surface area (Å²) in [5.74, 6) is -0.195. The molecule has 0 atom stereocenters. The third kappa shape index (κ3) is 4.87. The predicted molar refractivity (Wildman–Crippen MR) is 82.6 cm³/mol.